The molecule has 3 nitrogen and oxygen atoms in total. The van der Waals surface area contributed by atoms with Crippen LogP contribution < -0.4 is 10.1 Å². The number of amidine groups is 1. The van der Waals surface area contributed by atoms with Crippen LogP contribution in [-0.4, -0.2) is 24.1 Å². The molecule has 1 aromatic carbocycles. The highest BCUT2D eigenvalue weighted by molar-refractivity contribution is 9.11. The second-order valence-electron chi connectivity index (χ2n) is 4.55. The molecular formula is C13H16Br2N2OS. The summed E-state index contributed by atoms with van der Waals surface area (Å²) in [6.45, 7) is 4.39. The standard InChI is InChI=1S/C13H16Br2N2OS/c1-7-6-19-13(16-8(7)2)17-11-5-12(18-3)10(15)4-9(11)14/h4-5,7-8H,6H2,1-3H3,(H,16,17). The fourth-order valence-corrected chi connectivity index (χ4v) is 4.04. The van der Waals surface area contributed by atoms with Crippen molar-refractivity contribution in [2.45, 2.75) is 19.9 Å². The normalized spacial score (nSPS) is 22.9. The molecule has 1 aromatic rings. The van der Waals surface area contributed by atoms with Crippen LogP contribution in [0.15, 0.2) is 26.1 Å². The van der Waals surface area contributed by atoms with Gasteiger partial charge in [-0.1, -0.05) is 18.7 Å². The molecule has 19 heavy (non-hydrogen) atoms. The minimum absolute atomic E-state index is 0.361. The molecule has 2 unspecified atom stereocenters. The zero-order valence-corrected chi connectivity index (χ0v) is 15.0. The molecule has 0 fully saturated rings. The quantitative estimate of drug-likeness (QED) is 0.767. The van der Waals surface area contributed by atoms with Crippen LogP contribution in [0.5, 0.6) is 5.75 Å². The smallest absolute Gasteiger partial charge is 0.161 e. The van der Waals surface area contributed by atoms with Crippen molar-refractivity contribution >= 4 is 54.5 Å². The number of nitrogens with zero attached hydrogens (tertiary/aromatic N) is 1. The lowest BCUT2D eigenvalue weighted by molar-refractivity contribution is 0.412. The largest absolute Gasteiger partial charge is 0.495 e. The number of nitrogens with one attached hydrogen (secondary N) is 1. The Labute approximate surface area is 134 Å². The van der Waals surface area contributed by atoms with Gasteiger partial charge in [0.15, 0.2) is 5.17 Å². The number of rotatable bonds is 2. The lowest BCUT2D eigenvalue weighted by Crippen LogP contribution is -2.25. The first-order valence-corrected chi connectivity index (χ1v) is 8.59. The van der Waals surface area contributed by atoms with E-state index in [4.69, 9.17) is 4.74 Å². The van der Waals surface area contributed by atoms with Crippen molar-refractivity contribution in [1.29, 1.82) is 0 Å². The van der Waals surface area contributed by atoms with Crippen molar-refractivity contribution in [3.05, 3.63) is 21.1 Å². The third-order valence-corrected chi connectivity index (χ3v) is 5.56. The average Bonchev–Trinajstić information content (AvgIpc) is 2.37. The van der Waals surface area contributed by atoms with Gasteiger partial charge in [-0.05, 0) is 50.8 Å². The molecule has 0 spiro atoms. The zero-order chi connectivity index (χ0) is 14.0. The van der Waals surface area contributed by atoms with E-state index < -0.39 is 0 Å². The maximum atomic E-state index is 5.31. The van der Waals surface area contributed by atoms with E-state index in [1.165, 1.54) is 0 Å². The molecule has 6 heteroatoms. The molecule has 2 rings (SSSR count). The molecule has 0 amide bonds. The minimum Gasteiger partial charge on any atom is -0.495 e. The van der Waals surface area contributed by atoms with Gasteiger partial charge in [0.1, 0.15) is 5.75 Å². The predicted molar refractivity (Wildman–Crippen MR) is 90.5 cm³/mol. The van der Waals surface area contributed by atoms with Crippen LogP contribution in [0, 0.1) is 5.92 Å². The Kier molecular flexibility index (Phi) is 5.20. The summed E-state index contributed by atoms with van der Waals surface area (Å²) in [4.78, 5) is 4.67. The van der Waals surface area contributed by atoms with Gasteiger partial charge in [-0.3, -0.25) is 4.99 Å². The van der Waals surface area contributed by atoms with E-state index in [-0.39, 0.29) is 0 Å². The third kappa shape index (κ3) is 3.67. The number of anilines is 1. The predicted octanol–water partition coefficient (Wildman–Crippen LogP) is 4.76. The highest BCUT2D eigenvalue weighted by Crippen LogP contribution is 2.35. The Balaban J connectivity index is 2.22. The van der Waals surface area contributed by atoms with Crippen molar-refractivity contribution in [2.24, 2.45) is 10.9 Å². The molecule has 2 atom stereocenters. The van der Waals surface area contributed by atoms with E-state index in [2.05, 4.69) is 56.0 Å². The van der Waals surface area contributed by atoms with Crippen LogP contribution in [0.1, 0.15) is 13.8 Å². The minimum atomic E-state index is 0.361. The van der Waals surface area contributed by atoms with Gasteiger partial charge < -0.3 is 10.1 Å². The van der Waals surface area contributed by atoms with Crippen LogP contribution in [0.2, 0.25) is 0 Å². The maximum Gasteiger partial charge on any atom is 0.161 e. The lowest BCUT2D eigenvalue weighted by atomic mass is 10.1. The first kappa shape index (κ1) is 15.2. The van der Waals surface area contributed by atoms with Gasteiger partial charge in [-0.15, -0.1) is 0 Å². The number of ether oxygens (including phenoxy) is 1. The van der Waals surface area contributed by atoms with Crippen molar-refractivity contribution in [3.8, 4) is 5.75 Å². The first-order chi connectivity index (χ1) is 9.01. The molecule has 0 bridgehead atoms. The Morgan fingerprint density at radius 2 is 2.05 bits per heavy atom. The number of methoxy groups -OCH3 is 1. The van der Waals surface area contributed by atoms with Crippen molar-refractivity contribution < 1.29 is 4.74 Å². The average molecular weight is 408 g/mol. The van der Waals surface area contributed by atoms with Gasteiger partial charge in [-0.25, -0.2) is 0 Å². The van der Waals surface area contributed by atoms with Crippen LogP contribution in [0.25, 0.3) is 0 Å². The summed E-state index contributed by atoms with van der Waals surface area (Å²) in [6, 6.07) is 4.29. The second kappa shape index (κ2) is 6.50. The Morgan fingerprint density at radius 3 is 2.68 bits per heavy atom. The van der Waals surface area contributed by atoms with Crippen molar-refractivity contribution in [3.63, 3.8) is 0 Å². The maximum absolute atomic E-state index is 5.31. The summed E-state index contributed by atoms with van der Waals surface area (Å²) in [6.07, 6.45) is 0. The molecule has 1 heterocycles. The van der Waals surface area contributed by atoms with E-state index in [1.807, 2.05) is 12.1 Å². The molecule has 0 saturated carbocycles. The van der Waals surface area contributed by atoms with Crippen LogP contribution in [0.4, 0.5) is 5.69 Å². The van der Waals surface area contributed by atoms with Crippen molar-refractivity contribution in [1.82, 2.24) is 0 Å². The second-order valence-corrected chi connectivity index (χ2v) is 7.27. The van der Waals surface area contributed by atoms with Crippen LogP contribution >= 0.6 is 43.6 Å². The summed E-state index contributed by atoms with van der Waals surface area (Å²) >= 11 is 8.78. The molecule has 1 N–H and O–H groups in total. The monoisotopic (exact) mass is 406 g/mol. The molecule has 0 radical (unpaired) electrons. The van der Waals surface area contributed by atoms with Gasteiger partial charge in [-0.2, -0.15) is 0 Å². The third-order valence-electron chi connectivity index (χ3n) is 3.11. The Morgan fingerprint density at radius 1 is 1.32 bits per heavy atom. The fourth-order valence-electron chi connectivity index (χ4n) is 1.66. The number of benzene rings is 1. The van der Waals surface area contributed by atoms with E-state index in [9.17, 15) is 0 Å². The lowest BCUT2D eigenvalue weighted by Gasteiger charge is -2.24. The first-order valence-electron chi connectivity index (χ1n) is 6.02. The summed E-state index contributed by atoms with van der Waals surface area (Å²) in [7, 11) is 1.66. The summed E-state index contributed by atoms with van der Waals surface area (Å²) < 4.78 is 7.22. The van der Waals surface area contributed by atoms with Gasteiger partial charge in [0.05, 0.1) is 23.3 Å². The van der Waals surface area contributed by atoms with Gasteiger partial charge in [0, 0.05) is 16.3 Å². The SMILES string of the molecule is COc1cc(NC2=NC(C)C(C)CS2)c(Br)cc1Br. The topological polar surface area (TPSA) is 33.6 Å². The Bertz CT molecular complexity index is 508. The van der Waals surface area contributed by atoms with Crippen molar-refractivity contribution in [2.75, 3.05) is 18.2 Å². The number of hydrogen-bond donors (Lipinski definition) is 1. The summed E-state index contributed by atoms with van der Waals surface area (Å²) in [5.41, 5.74) is 0.966. The van der Waals surface area contributed by atoms with Crippen LogP contribution in [-0.2, 0) is 0 Å². The fraction of sp³-hybridized carbons (Fsp3) is 0.462. The Hall–Kier alpha value is -0.200. The summed E-state index contributed by atoms with van der Waals surface area (Å²) in [5.74, 6) is 2.52. The highest BCUT2D eigenvalue weighted by Gasteiger charge is 2.20. The molecule has 1 aliphatic heterocycles. The zero-order valence-electron chi connectivity index (χ0n) is 11.0. The number of thioether (sulfide) groups is 1. The van der Waals surface area contributed by atoms with E-state index >= 15 is 0 Å². The highest BCUT2D eigenvalue weighted by atomic mass is 79.9. The number of hydrogen-bond acceptors (Lipinski definition) is 4. The number of aliphatic imine (C=N–C) groups is 1. The van der Waals surface area contributed by atoms with Gasteiger partial charge >= 0.3 is 0 Å². The van der Waals surface area contributed by atoms with Gasteiger partial charge in [0.2, 0.25) is 0 Å². The molecule has 0 aromatic heterocycles. The van der Waals surface area contributed by atoms with E-state index in [0.717, 1.165) is 31.3 Å². The van der Waals surface area contributed by atoms with E-state index in [1.54, 1.807) is 18.9 Å². The van der Waals surface area contributed by atoms with Crippen LogP contribution in [0.3, 0.4) is 0 Å². The summed E-state index contributed by atoms with van der Waals surface area (Å²) in [5, 5.41) is 4.34. The molecular weight excluding hydrogens is 392 g/mol. The molecule has 0 saturated heterocycles. The molecule has 0 aliphatic carbocycles. The molecule has 104 valence electrons. The van der Waals surface area contributed by atoms with E-state index in [0.29, 0.717) is 12.0 Å². The number of halogens is 2. The molecule has 1 aliphatic rings. The van der Waals surface area contributed by atoms with Gasteiger partial charge in [0.25, 0.3) is 0 Å².